The number of carbonyl (C=O) groups is 1. The molecule has 3 rings (SSSR count). The van der Waals surface area contributed by atoms with Crippen molar-refractivity contribution < 1.29 is 9.18 Å². The van der Waals surface area contributed by atoms with Crippen LogP contribution in [-0.4, -0.2) is 17.5 Å². The van der Waals surface area contributed by atoms with Crippen molar-refractivity contribution in [2.24, 2.45) is 5.92 Å². The van der Waals surface area contributed by atoms with Crippen LogP contribution in [0.4, 0.5) is 10.1 Å². The highest BCUT2D eigenvalue weighted by atomic mass is 35.5. The van der Waals surface area contributed by atoms with E-state index in [0.717, 1.165) is 31.2 Å². The molecule has 0 saturated heterocycles. The number of pyridine rings is 1. The van der Waals surface area contributed by atoms with Crippen LogP contribution >= 0.6 is 11.6 Å². The van der Waals surface area contributed by atoms with Gasteiger partial charge < -0.3 is 15.2 Å². The molecule has 2 aromatic rings. The molecule has 1 atom stereocenters. The van der Waals surface area contributed by atoms with Crippen LogP contribution < -0.4 is 16.2 Å². The maximum Gasteiger partial charge on any atom is 0.271 e. The van der Waals surface area contributed by atoms with E-state index in [-0.39, 0.29) is 34.3 Å². The van der Waals surface area contributed by atoms with Crippen LogP contribution in [0.1, 0.15) is 60.3 Å². The van der Waals surface area contributed by atoms with E-state index >= 15 is 0 Å². The Bertz CT molecular complexity index is 969. The second-order valence-corrected chi connectivity index (χ2v) is 7.93. The van der Waals surface area contributed by atoms with Gasteiger partial charge in [-0.15, -0.1) is 0 Å². The summed E-state index contributed by atoms with van der Waals surface area (Å²) >= 11 is 6.31. The number of hydrogen-bond donors (Lipinski definition) is 2. The molecule has 29 heavy (non-hydrogen) atoms. The Morgan fingerprint density at radius 2 is 2.10 bits per heavy atom. The predicted octanol–water partition coefficient (Wildman–Crippen LogP) is 4.67. The Morgan fingerprint density at radius 3 is 2.66 bits per heavy atom. The van der Waals surface area contributed by atoms with Crippen molar-refractivity contribution in [3.05, 3.63) is 62.3 Å². The highest BCUT2D eigenvalue weighted by Gasteiger charge is 2.32. The Hall–Kier alpha value is -2.34. The molecule has 1 aromatic heterocycles. The standard InChI is InChI=1S/C22H27ClFN3O2/c1-4-11-27-13(2)17(20(25-3)18(23)22(27)29)21(28)26-19(14-7-5-8-14)15-9-6-10-16(24)12-15/h6,9-10,12,14,19,25H,4-5,7-8,11H2,1-3H3,(H,26,28)/t19-/m0/s1. The summed E-state index contributed by atoms with van der Waals surface area (Å²) in [6, 6.07) is 6.07. The maximum atomic E-state index is 13.8. The summed E-state index contributed by atoms with van der Waals surface area (Å²) in [5.74, 6) is -0.386. The molecule has 0 aliphatic heterocycles. The minimum Gasteiger partial charge on any atom is -0.386 e. The Kier molecular flexibility index (Phi) is 6.63. The molecule has 156 valence electrons. The van der Waals surface area contributed by atoms with E-state index in [1.807, 2.05) is 13.0 Å². The van der Waals surface area contributed by atoms with Gasteiger partial charge in [-0.3, -0.25) is 9.59 Å². The molecule has 0 unspecified atom stereocenters. The SMILES string of the molecule is CCCn1c(C)c(C(=O)N[C@H](c2cccc(F)c2)C2CCC2)c(NC)c(Cl)c1=O. The number of hydrogen-bond acceptors (Lipinski definition) is 3. The Morgan fingerprint density at radius 1 is 1.38 bits per heavy atom. The summed E-state index contributed by atoms with van der Waals surface area (Å²) in [6.07, 6.45) is 3.80. The average molecular weight is 420 g/mol. The number of anilines is 1. The van der Waals surface area contributed by atoms with Gasteiger partial charge in [0.25, 0.3) is 11.5 Å². The van der Waals surface area contributed by atoms with Crippen molar-refractivity contribution in [3.8, 4) is 0 Å². The van der Waals surface area contributed by atoms with Crippen LogP contribution in [0.15, 0.2) is 29.1 Å². The summed E-state index contributed by atoms with van der Waals surface area (Å²) < 4.78 is 15.4. The van der Waals surface area contributed by atoms with Crippen molar-refractivity contribution in [1.29, 1.82) is 0 Å². The first kappa shape index (κ1) is 21.4. The van der Waals surface area contributed by atoms with E-state index in [4.69, 9.17) is 11.6 Å². The molecule has 0 bridgehead atoms. The van der Waals surface area contributed by atoms with Gasteiger partial charge in [0, 0.05) is 19.3 Å². The zero-order chi connectivity index (χ0) is 21.1. The lowest BCUT2D eigenvalue weighted by Crippen LogP contribution is -2.38. The highest BCUT2D eigenvalue weighted by Crippen LogP contribution is 2.38. The number of amides is 1. The molecule has 1 amide bonds. The van der Waals surface area contributed by atoms with Crippen molar-refractivity contribution in [2.75, 3.05) is 12.4 Å². The van der Waals surface area contributed by atoms with Crippen LogP contribution in [0.3, 0.4) is 0 Å². The van der Waals surface area contributed by atoms with Crippen molar-refractivity contribution in [3.63, 3.8) is 0 Å². The third-order valence-corrected chi connectivity index (χ3v) is 6.06. The highest BCUT2D eigenvalue weighted by molar-refractivity contribution is 6.34. The van der Waals surface area contributed by atoms with Gasteiger partial charge >= 0.3 is 0 Å². The van der Waals surface area contributed by atoms with E-state index in [1.165, 1.54) is 12.1 Å². The van der Waals surface area contributed by atoms with E-state index in [2.05, 4.69) is 10.6 Å². The summed E-state index contributed by atoms with van der Waals surface area (Å²) in [5, 5.41) is 6.00. The molecule has 1 saturated carbocycles. The normalized spacial score (nSPS) is 14.9. The molecule has 5 nitrogen and oxygen atoms in total. The molecule has 0 spiro atoms. The summed E-state index contributed by atoms with van der Waals surface area (Å²) in [4.78, 5) is 26.0. The van der Waals surface area contributed by atoms with Crippen molar-refractivity contribution in [2.45, 2.75) is 52.1 Å². The molecule has 1 aromatic carbocycles. The summed E-state index contributed by atoms with van der Waals surface area (Å²) in [5.41, 5.74) is 1.68. The van der Waals surface area contributed by atoms with Gasteiger partial charge in [-0.2, -0.15) is 0 Å². The number of rotatable bonds is 7. The molecule has 0 radical (unpaired) electrons. The lowest BCUT2D eigenvalue weighted by atomic mass is 9.77. The maximum absolute atomic E-state index is 13.8. The van der Waals surface area contributed by atoms with E-state index in [1.54, 1.807) is 24.6 Å². The van der Waals surface area contributed by atoms with Gasteiger partial charge in [0.2, 0.25) is 0 Å². The van der Waals surface area contributed by atoms with Gasteiger partial charge in [-0.25, -0.2) is 4.39 Å². The molecule has 1 aliphatic carbocycles. The lowest BCUT2D eigenvalue weighted by molar-refractivity contribution is 0.0899. The van der Waals surface area contributed by atoms with Crippen LogP contribution in [0.5, 0.6) is 0 Å². The van der Waals surface area contributed by atoms with Gasteiger partial charge in [0.15, 0.2) is 0 Å². The number of nitrogens with zero attached hydrogens (tertiary/aromatic N) is 1. The first-order chi connectivity index (χ1) is 13.9. The summed E-state index contributed by atoms with van der Waals surface area (Å²) in [6.45, 7) is 4.19. The summed E-state index contributed by atoms with van der Waals surface area (Å²) in [7, 11) is 1.64. The van der Waals surface area contributed by atoms with Crippen LogP contribution in [-0.2, 0) is 6.54 Å². The minimum atomic E-state index is -0.326. The second kappa shape index (κ2) is 8.99. The fourth-order valence-electron chi connectivity index (χ4n) is 3.97. The molecule has 1 heterocycles. The smallest absolute Gasteiger partial charge is 0.271 e. The first-order valence-electron chi connectivity index (χ1n) is 10.1. The largest absolute Gasteiger partial charge is 0.386 e. The van der Waals surface area contributed by atoms with E-state index < -0.39 is 0 Å². The number of nitrogens with one attached hydrogen (secondary N) is 2. The average Bonchev–Trinajstić information content (AvgIpc) is 2.65. The first-order valence-corrected chi connectivity index (χ1v) is 10.4. The zero-order valence-electron chi connectivity index (χ0n) is 17.0. The predicted molar refractivity (Wildman–Crippen MR) is 114 cm³/mol. The van der Waals surface area contributed by atoms with Gasteiger partial charge in [-0.1, -0.05) is 37.1 Å². The second-order valence-electron chi connectivity index (χ2n) is 7.55. The lowest BCUT2D eigenvalue weighted by Gasteiger charge is -2.35. The molecule has 1 aliphatic rings. The van der Waals surface area contributed by atoms with Crippen molar-refractivity contribution >= 4 is 23.2 Å². The molecular weight excluding hydrogens is 393 g/mol. The monoisotopic (exact) mass is 419 g/mol. The Balaban J connectivity index is 2.03. The van der Waals surface area contributed by atoms with Crippen LogP contribution in [0.2, 0.25) is 5.02 Å². The number of halogens is 2. The van der Waals surface area contributed by atoms with Gasteiger partial charge in [0.1, 0.15) is 10.8 Å². The third-order valence-electron chi connectivity index (χ3n) is 5.71. The molecule has 7 heteroatoms. The van der Waals surface area contributed by atoms with Crippen LogP contribution in [0, 0.1) is 18.7 Å². The van der Waals surface area contributed by atoms with Crippen molar-refractivity contribution in [1.82, 2.24) is 9.88 Å². The fourth-order valence-corrected chi connectivity index (χ4v) is 4.26. The minimum absolute atomic E-state index is 0.00245. The quantitative estimate of drug-likeness (QED) is 0.685. The third kappa shape index (κ3) is 4.17. The van der Waals surface area contributed by atoms with E-state index in [9.17, 15) is 14.0 Å². The van der Waals surface area contributed by atoms with Gasteiger partial charge in [-0.05, 0) is 49.8 Å². The molecule has 2 N–H and O–H groups in total. The number of aromatic nitrogens is 1. The van der Waals surface area contributed by atoms with Gasteiger partial charge in [0.05, 0.1) is 17.3 Å². The fraction of sp³-hybridized carbons (Fsp3) is 0.455. The number of benzene rings is 1. The topological polar surface area (TPSA) is 63.1 Å². The number of carbonyl (C=O) groups excluding carboxylic acids is 1. The van der Waals surface area contributed by atoms with E-state index in [0.29, 0.717) is 23.5 Å². The van der Waals surface area contributed by atoms with Crippen LogP contribution in [0.25, 0.3) is 0 Å². The molecular formula is C22H27ClFN3O2. The zero-order valence-corrected chi connectivity index (χ0v) is 17.8. The Labute approximate surface area is 175 Å². The molecule has 1 fully saturated rings.